The Kier molecular flexibility index (Phi) is 4.29. The number of ether oxygens (including phenoxy) is 1. The monoisotopic (exact) mass is 322 g/mol. The first-order valence-corrected chi connectivity index (χ1v) is 7.45. The Morgan fingerprint density at radius 3 is 2.50 bits per heavy atom. The number of piperidine rings is 1. The molecular weight excluding hydrogens is 307 g/mol. The molecule has 1 saturated heterocycles. The largest absolute Gasteiger partial charge is 0.490 e. The maximum atomic E-state index is 12.9. The van der Waals surface area contributed by atoms with Crippen molar-refractivity contribution in [2.24, 2.45) is 0 Å². The lowest BCUT2D eigenvalue weighted by Gasteiger charge is -2.33. The number of anilines is 2. The van der Waals surface area contributed by atoms with E-state index in [9.17, 15) is 4.39 Å². The quantitative estimate of drug-likeness (QED) is 0.880. The molecule has 0 atom stereocenters. The van der Waals surface area contributed by atoms with Crippen molar-refractivity contribution in [3.63, 3.8) is 0 Å². The number of nitrogens with two attached hydrogens (primary N) is 1. The van der Waals surface area contributed by atoms with Crippen LogP contribution in [0.3, 0.4) is 0 Å². The molecule has 2 aromatic rings. The fourth-order valence-corrected chi connectivity index (χ4v) is 2.68. The minimum Gasteiger partial charge on any atom is -0.490 e. The van der Waals surface area contributed by atoms with E-state index in [1.54, 1.807) is 18.2 Å². The molecule has 2 heterocycles. The summed E-state index contributed by atoms with van der Waals surface area (Å²) in [6.45, 7) is 1.58. The number of rotatable bonds is 3. The summed E-state index contributed by atoms with van der Waals surface area (Å²) in [7, 11) is 0. The average Bonchev–Trinajstić information content (AvgIpc) is 2.49. The normalized spacial score (nSPS) is 15.8. The second-order valence-electron chi connectivity index (χ2n) is 5.17. The summed E-state index contributed by atoms with van der Waals surface area (Å²) in [4.78, 5) is 10.2. The van der Waals surface area contributed by atoms with E-state index in [4.69, 9.17) is 22.1 Å². The Labute approximate surface area is 132 Å². The van der Waals surface area contributed by atoms with Crippen LogP contribution in [-0.2, 0) is 0 Å². The van der Waals surface area contributed by atoms with E-state index in [-0.39, 0.29) is 17.9 Å². The lowest BCUT2D eigenvalue weighted by molar-refractivity contribution is 0.170. The molecule has 5 nitrogen and oxygen atoms in total. The zero-order chi connectivity index (χ0) is 15.5. The molecule has 0 bridgehead atoms. The number of nitrogen functional groups attached to an aromatic ring is 1. The minimum absolute atomic E-state index is 0.108. The number of nitrogens with zero attached hydrogens (tertiary/aromatic N) is 3. The van der Waals surface area contributed by atoms with Crippen molar-refractivity contribution in [2.45, 2.75) is 18.9 Å². The van der Waals surface area contributed by atoms with Gasteiger partial charge in [0.1, 0.15) is 28.6 Å². The average molecular weight is 323 g/mol. The van der Waals surface area contributed by atoms with Gasteiger partial charge >= 0.3 is 0 Å². The van der Waals surface area contributed by atoms with Crippen LogP contribution in [0.15, 0.2) is 30.3 Å². The predicted octanol–water partition coefficient (Wildman–Crippen LogP) is 2.90. The summed E-state index contributed by atoms with van der Waals surface area (Å²) >= 11 is 5.91. The standard InChI is InChI=1S/C15H16ClFN4O/c16-13-9-14(20-15(18)19-13)21-7-5-12(6-8-21)22-11-3-1-10(17)2-4-11/h1-4,9,12H,5-8H2,(H2,18,19,20). The van der Waals surface area contributed by atoms with Gasteiger partial charge in [0.15, 0.2) is 0 Å². The second kappa shape index (κ2) is 6.36. The number of hydrogen-bond acceptors (Lipinski definition) is 5. The summed E-state index contributed by atoms with van der Waals surface area (Å²) < 4.78 is 18.7. The zero-order valence-corrected chi connectivity index (χ0v) is 12.6. The molecule has 3 rings (SSSR count). The van der Waals surface area contributed by atoms with Gasteiger partial charge in [0, 0.05) is 32.0 Å². The molecule has 1 aromatic carbocycles. The summed E-state index contributed by atoms with van der Waals surface area (Å²) in [5, 5.41) is 0.340. The van der Waals surface area contributed by atoms with Gasteiger partial charge in [-0.3, -0.25) is 0 Å². The van der Waals surface area contributed by atoms with E-state index in [0.717, 1.165) is 31.7 Å². The SMILES string of the molecule is Nc1nc(Cl)cc(N2CCC(Oc3ccc(F)cc3)CC2)n1. The molecule has 1 fully saturated rings. The first kappa shape index (κ1) is 14.8. The topological polar surface area (TPSA) is 64.3 Å². The van der Waals surface area contributed by atoms with Crippen molar-refractivity contribution in [3.8, 4) is 5.75 Å². The second-order valence-corrected chi connectivity index (χ2v) is 5.55. The third kappa shape index (κ3) is 3.57. The predicted molar refractivity (Wildman–Crippen MR) is 83.7 cm³/mol. The van der Waals surface area contributed by atoms with Crippen LogP contribution < -0.4 is 15.4 Å². The van der Waals surface area contributed by atoms with E-state index < -0.39 is 0 Å². The van der Waals surface area contributed by atoms with Crippen molar-refractivity contribution in [2.75, 3.05) is 23.7 Å². The fourth-order valence-electron chi connectivity index (χ4n) is 2.49. The van der Waals surface area contributed by atoms with Crippen LogP contribution in [0.4, 0.5) is 16.2 Å². The Morgan fingerprint density at radius 1 is 1.18 bits per heavy atom. The third-order valence-electron chi connectivity index (χ3n) is 3.58. The maximum absolute atomic E-state index is 12.9. The van der Waals surface area contributed by atoms with Gasteiger partial charge in [-0.1, -0.05) is 11.6 Å². The van der Waals surface area contributed by atoms with Gasteiger partial charge in [0.05, 0.1) is 0 Å². The van der Waals surface area contributed by atoms with Crippen LogP contribution >= 0.6 is 11.6 Å². The highest BCUT2D eigenvalue weighted by molar-refractivity contribution is 6.29. The van der Waals surface area contributed by atoms with Crippen molar-refractivity contribution < 1.29 is 9.13 Å². The molecule has 0 unspecified atom stereocenters. The fraction of sp³-hybridized carbons (Fsp3) is 0.333. The number of halogens is 2. The van der Waals surface area contributed by atoms with Gasteiger partial charge in [-0.2, -0.15) is 4.98 Å². The van der Waals surface area contributed by atoms with Crippen LogP contribution in [0.5, 0.6) is 5.75 Å². The van der Waals surface area contributed by atoms with Gasteiger partial charge in [-0.15, -0.1) is 0 Å². The molecule has 0 saturated carbocycles. The zero-order valence-electron chi connectivity index (χ0n) is 11.9. The first-order chi connectivity index (χ1) is 10.6. The van der Waals surface area contributed by atoms with Crippen LogP contribution in [0.25, 0.3) is 0 Å². The van der Waals surface area contributed by atoms with Crippen LogP contribution in [0.2, 0.25) is 5.15 Å². The molecule has 0 spiro atoms. The van der Waals surface area contributed by atoms with E-state index in [1.807, 2.05) is 0 Å². The molecule has 1 aliphatic heterocycles. The highest BCUT2D eigenvalue weighted by Crippen LogP contribution is 2.24. The Morgan fingerprint density at radius 2 is 1.86 bits per heavy atom. The minimum atomic E-state index is -0.264. The lowest BCUT2D eigenvalue weighted by atomic mass is 10.1. The van der Waals surface area contributed by atoms with Crippen LogP contribution in [0.1, 0.15) is 12.8 Å². The summed E-state index contributed by atoms with van der Waals surface area (Å²) in [5.74, 6) is 1.33. The van der Waals surface area contributed by atoms with Gasteiger partial charge in [0.2, 0.25) is 5.95 Å². The smallest absolute Gasteiger partial charge is 0.223 e. The summed E-state index contributed by atoms with van der Waals surface area (Å²) in [5.41, 5.74) is 5.62. The van der Waals surface area contributed by atoms with Crippen molar-refractivity contribution in [1.29, 1.82) is 0 Å². The first-order valence-electron chi connectivity index (χ1n) is 7.07. The lowest BCUT2D eigenvalue weighted by Crippen LogP contribution is -2.38. The highest BCUT2D eigenvalue weighted by atomic mass is 35.5. The molecule has 0 amide bonds. The van der Waals surface area contributed by atoms with Crippen molar-refractivity contribution in [1.82, 2.24) is 9.97 Å². The number of benzene rings is 1. The number of hydrogen-bond donors (Lipinski definition) is 1. The molecule has 0 aliphatic carbocycles. The molecule has 116 valence electrons. The Hall–Kier alpha value is -2.08. The highest BCUT2D eigenvalue weighted by Gasteiger charge is 2.22. The van der Waals surface area contributed by atoms with Crippen LogP contribution in [-0.4, -0.2) is 29.2 Å². The van der Waals surface area contributed by atoms with Gasteiger partial charge in [-0.25, -0.2) is 9.37 Å². The van der Waals surface area contributed by atoms with Gasteiger partial charge in [-0.05, 0) is 24.3 Å². The van der Waals surface area contributed by atoms with Gasteiger partial charge < -0.3 is 15.4 Å². The summed E-state index contributed by atoms with van der Waals surface area (Å²) in [6.07, 6.45) is 1.80. The molecule has 1 aromatic heterocycles. The summed E-state index contributed by atoms with van der Waals surface area (Å²) in [6, 6.07) is 7.80. The molecule has 1 aliphatic rings. The molecule has 2 N–H and O–H groups in total. The van der Waals surface area contributed by atoms with E-state index in [1.165, 1.54) is 12.1 Å². The molecule has 22 heavy (non-hydrogen) atoms. The molecule has 7 heteroatoms. The third-order valence-corrected chi connectivity index (χ3v) is 3.77. The van der Waals surface area contributed by atoms with Crippen molar-refractivity contribution in [3.05, 3.63) is 41.3 Å². The maximum Gasteiger partial charge on any atom is 0.223 e. The molecular formula is C15H16ClFN4O. The van der Waals surface area contributed by atoms with E-state index in [0.29, 0.717) is 10.9 Å². The van der Waals surface area contributed by atoms with Crippen molar-refractivity contribution >= 4 is 23.4 Å². The van der Waals surface area contributed by atoms with E-state index >= 15 is 0 Å². The Bertz CT molecular complexity index is 624. The van der Waals surface area contributed by atoms with E-state index in [2.05, 4.69) is 14.9 Å². The number of aromatic nitrogens is 2. The Balaban J connectivity index is 1.59. The van der Waals surface area contributed by atoms with Crippen LogP contribution in [0, 0.1) is 5.82 Å². The van der Waals surface area contributed by atoms with Gasteiger partial charge in [0.25, 0.3) is 0 Å². The molecule has 0 radical (unpaired) electrons.